The zero-order chi connectivity index (χ0) is 28.5. The first kappa shape index (κ1) is 32.1. The molecule has 0 aliphatic rings. The third-order valence-corrected chi connectivity index (χ3v) is 7.15. The molecule has 1 amide bonds. The first-order chi connectivity index (χ1) is 19.4. The number of rotatable bonds is 13. The van der Waals surface area contributed by atoms with Crippen molar-refractivity contribution in [3.63, 3.8) is 0 Å². The van der Waals surface area contributed by atoms with Crippen LogP contribution in [-0.2, 0) is 22.7 Å². The zero-order valence-corrected chi connectivity index (χ0v) is 23.6. The number of methoxy groups -OCH3 is 1. The Hall–Kier alpha value is -3.41. The molecule has 0 saturated heterocycles. The Morgan fingerprint density at radius 2 is 1.78 bits per heavy atom. The minimum atomic E-state index is -1.04. The number of carbonyl (C=O) groups is 2. The average Bonchev–Trinajstić information content (AvgIpc) is 3.44. The number of nitrogens with one attached hydrogen (secondary N) is 1. The van der Waals surface area contributed by atoms with Crippen LogP contribution in [0.25, 0.3) is 22.5 Å². The maximum absolute atomic E-state index is 13.3. The SMILES string of the molecule is COc1cccc(-c2ccc(COCc3ccc(C(=O)N[C@@H](CCSC)C(=O)O)c(-c4ccccc4C)c3)o2)c1.[LiH]. The predicted molar refractivity (Wildman–Crippen MR) is 165 cm³/mol. The topological polar surface area (TPSA) is 98.0 Å². The second kappa shape index (κ2) is 15.6. The molecule has 2 N–H and O–H groups in total. The Bertz CT molecular complexity index is 1470. The van der Waals surface area contributed by atoms with E-state index >= 15 is 0 Å². The second-order valence-electron chi connectivity index (χ2n) is 9.33. The van der Waals surface area contributed by atoms with Crippen molar-refractivity contribution in [2.24, 2.45) is 0 Å². The molecular weight excluding hydrogens is 533 g/mol. The van der Waals surface area contributed by atoms with Gasteiger partial charge in [0.25, 0.3) is 5.91 Å². The second-order valence-corrected chi connectivity index (χ2v) is 10.3. The van der Waals surface area contributed by atoms with E-state index in [2.05, 4.69) is 5.32 Å². The molecule has 4 aromatic rings. The van der Waals surface area contributed by atoms with E-state index in [1.54, 1.807) is 24.9 Å². The van der Waals surface area contributed by atoms with Crippen molar-refractivity contribution in [3.05, 3.63) is 101 Å². The number of benzene rings is 3. The molecular formula is C32H34LiNO6S. The van der Waals surface area contributed by atoms with E-state index in [0.29, 0.717) is 30.1 Å². The molecule has 1 heterocycles. The summed E-state index contributed by atoms with van der Waals surface area (Å²) in [4.78, 5) is 25.0. The molecule has 0 aliphatic heterocycles. The van der Waals surface area contributed by atoms with Gasteiger partial charge in [0.05, 0.1) is 13.7 Å². The molecule has 1 atom stereocenters. The molecule has 7 nitrogen and oxygen atoms in total. The third kappa shape index (κ3) is 8.54. The van der Waals surface area contributed by atoms with Gasteiger partial charge in [-0.1, -0.05) is 42.5 Å². The number of ether oxygens (including phenoxy) is 2. The van der Waals surface area contributed by atoms with Crippen LogP contribution in [0, 0.1) is 6.92 Å². The first-order valence-corrected chi connectivity index (χ1v) is 14.3. The Labute approximate surface area is 256 Å². The van der Waals surface area contributed by atoms with E-state index in [1.165, 1.54) is 0 Å². The molecule has 0 spiro atoms. The molecule has 9 heteroatoms. The zero-order valence-electron chi connectivity index (χ0n) is 22.8. The van der Waals surface area contributed by atoms with E-state index in [9.17, 15) is 14.7 Å². The number of aliphatic carboxylic acids is 1. The first-order valence-electron chi connectivity index (χ1n) is 12.9. The van der Waals surface area contributed by atoms with Crippen LogP contribution in [0.15, 0.2) is 83.3 Å². The summed E-state index contributed by atoms with van der Waals surface area (Å²) >= 11 is 1.54. The summed E-state index contributed by atoms with van der Waals surface area (Å²) in [6.07, 6.45) is 2.25. The summed E-state index contributed by atoms with van der Waals surface area (Å²) in [5.41, 5.74) is 4.85. The van der Waals surface area contributed by atoms with Crippen LogP contribution in [0.5, 0.6) is 5.75 Å². The van der Waals surface area contributed by atoms with Crippen molar-refractivity contribution in [1.29, 1.82) is 0 Å². The van der Waals surface area contributed by atoms with Crippen LogP contribution in [0.2, 0.25) is 0 Å². The Kier molecular flexibility index (Phi) is 12.2. The number of aryl methyl sites for hydroxylation is 1. The molecule has 41 heavy (non-hydrogen) atoms. The summed E-state index contributed by atoms with van der Waals surface area (Å²) in [6.45, 7) is 2.57. The van der Waals surface area contributed by atoms with Gasteiger partial charge in [-0.3, -0.25) is 4.79 Å². The summed E-state index contributed by atoms with van der Waals surface area (Å²) in [7, 11) is 1.63. The Morgan fingerprint density at radius 1 is 0.976 bits per heavy atom. The molecule has 4 rings (SSSR count). The number of amides is 1. The van der Waals surface area contributed by atoms with Crippen LogP contribution in [0.4, 0.5) is 0 Å². The van der Waals surface area contributed by atoms with Gasteiger partial charge >= 0.3 is 24.8 Å². The molecule has 0 fully saturated rings. The number of thioether (sulfide) groups is 1. The molecule has 0 unspecified atom stereocenters. The van der Waals surface area contributed by atoms with E-state index in [1.807, 2.05) is 86.0 Å². The quantitative estimate of drug-likeness (QED) is 0.193. The van der Waals surface area contributed by atoms with Crippen LogP contribution in [-0.4, -0.2) is 61.0 Å². The molecule has 1 aromatic heterocycles. The molecule has 0 radical (unpaired) electrons. The van der Waals surface area contributed by atoms with Gasteiger partial charge in [-0.05, 0) is 84.0 Å². The van der Waals surface area contributed by atoms with Gasteiger partial charge < -0.3 is 24.3 Å². The molecule has 0 aliphatic carbocycles. The van der Waals surface area contributed by atoms with Gasteiger partial charge in [0.15, 0.2) is 0 Å². The van der Waals surface area contributed by atoms with Crippen molar-refractivity contribution in [3.8, 4) is 28.2 Å². The van der Waals surface area contributed by atoms with Crippen molar-refractivity contribution in [2.75, 3.05) is 19.1 Å². The van der Waals surface area contributed by atoms with Crippen LogP contribution in [0.3, 0.4) is 0 Å². The number of hydrogen-bond donors (Lipinski definition) is 2. The summed E-state index contributed by atoms with van der Waals surface area (Å²) in [5.74, 6) is 1.35. The number of carbonyl (C=O) groups excluding carboxylic acids is 1. The van der Waals surface area contributed by atoms with Crippen LogP contribution < -0.4 is 10.1 Å². The van der Waals surface area contributed by atoms with Crippen molar-refractivity contribution >= 4 is 42.5 Å². The van der Waals surface area contributed by atoms with E-state index in [4.69, 9.17) is 13.9 Å². The van der Waals surface area contributed by atoms with Gasteiger partial charge in [-0.15, -0.1) is 0 Å². The van der Waals surface area contributed by atoms with Crippen molar-refractivity contribution < 1.29 is 28.6 Å². The number of furan rings is 1. The Balaban J connectivity index is 0.00000462. The normalized spacial score (nSPS) is 11.4. The van der Waals surface area contributed by atoms with E-state index in [0.717, 1.165) is 39.3 Å². The third-order valence-electron chi connectivity index (χ3n) is 6.51. The average molecular weight is 568 g/mol. The summed E-state index contributed by atoms with van der Waals surface area (Å²) in [5, 5.41) is 12.3. The summed E-state index contributed by atoms with van der Waals surface area (Å²) < 4.78 is 17.2. The summed E-state index contributed by atoms with van der Waals surface area (Å²) in [6, 6.07) is 23.8. The van der Waals surface area contributed by atoms with Crippen molar-refractivity contribution in [2.45, 2.75) is 32.6 Å². The predicted octanol–water partition coefficient (Wildman–Crippen LogP) is 5.94. The number of carboxylic acid groups (broad SMARTS) is 1. The van der Waals surface area contributed by atoms with Gasteiger partial charge in [-0.25, -0.2) is 4.79 Å². The molecule has 0 saturated carbocycles. The molecule has 0 bridgehead atoms. The van der Waals surface area contributed by atoms with Crippen LogP contribution in [0.1, 0.15) is 33.7 Å². The fourth-order valence-corrected chi connectivity index (χ4v) is 4.83. The van der Waals surface area contributed by atoms with Crippen LogP contribution >= 0.6 is 11.8 Å². The van der Waals surface area contributed by atoms with Gasteiger partial charge in [0.1, 0.15) is 29.9 Å². The van der Waals surface area contributed by atoms with Gasteiger partial charge in [0.2, 0.25) is 0 Å². The number of hydrogen-bond acceptors (Lipinski definition) is 6. The maximum atomic E-state index is 13.3. The molecule has 210 valence electrons. The molecule has 3 aromatic carbocycles. The minimum absolute atomic E-state index is 0. The van der Waals surface area contributed by atoms with Crippen molar-refractivity contribution in [1.82, 2.24) is 5.32 Å². The standard InChI is InChI=1S/C32H33NO6S.Li.H/c1-21-7-4-5-10-26(21)28-17-22(11-13-27(28)31(34)33-29(32(35)36)15-16-40-3)19-38-20-25-12-14-30(39-25)23-8-6-9-24(18-23)37-2;;/h4-14,17-18,29H,15-16,19-20H2,1-3H3,(H,33,34)(H,35,36);;/t29-;;/m0../s1. The van der Waals surface area contributed by atoms with Gasteiger partial charge in [-0.2, -0.15) is 11.8 Å². The monoisotopic (exact) mass is 567 g/mol. The van der Waals surface area contributed by atoms with E-state index < -0.39 is 17.9 Å². The fraction of sp³-hybridized carbons (Fsp3) is 0.250. The van der Waals surface area contributed by atoms with E-state index in [-0.39, 0.29) is 25.5 Å². The fourth-order valence-electron chi connectivity index (χ4n) is 4.36. The number of carboxylic acids is 1. The van der Waals surface area contributed by atoms with Gasteiger partial charge in [0, 0.05) is 11.1 Å². The Morgan fingerprint density at radius 3 is 2.51 bits per heavy atom.